The Morgan fingerprint density at radius 3 is 2.50 bits per heavy atom. The molecule has 30 heavy (non-hydrogen) atoms. The number of fused-ring (bicyclic) bond motifs is 1. The maximum absolute atomic E-state index is 13.3. The number of sulfonamides is 1. The molecule has 0 radical (unpaired) electrons. The van der Waals surface area contributed by atoms with Crippen LogP contribution in [0.2, 0.25) is 5.02 Å². The van der Waals surface area contributed by atoms with E-state index in [4.69, 9.17) is 16.3 Å². The number of nitrogens with one attached hydrogen (secondary N) is 1. The molecule has 160 valence electrons. The second-order valence-corrected chi connectivity index (χ2v) is 10.1. The lowest BCUT2D eigenvalue weighted by molar-refractivity contribution is -0.128. The molecule has 1 fully saturated rings. The summed E-state index contributed by atoms with van der Waals surface area (Å²) in [6, 6.07) is 12.9. The molecule has 1 aliphatic heterocycles. The average molecular weight is 449 g/mol. The zero-order valence-electron chi connectivity index (χ0n) is 16.6. The Morgan fingerprint density at radius 2 is 1.77 bits per heavy atom. The SMILES string of the molecule is O=C(NCC1CCCCC1)[C@@H]1CN(S(=O)(=O)c2ccc(Cl)cc2)c2ccccc2O1. The molecule has 0 aromatic heterocycles. The molecular weight excluding hydrogens is 424 g/mol. The third-order valence-electron chi connectivity index (χ3n) is 5.72. The summed E-state index contributed by atoms with van der Waals surface area (Å²) in [5.74, 6) is 0.568. The van der Waals surface area contributed by atoms with Gasteiger partial charge in [0.25, 0.3) is 15.9 Å². The van der Waals surface area contributed by atoms with Crippen LogP contribution >= 0.6 is 11.6 Å². The van der Waals surface area contributed by atoms with E-state index in [1.165, 1.54) is 47.8 Å². The Bertz CT molecular complexity index is 1000. The summed E-state index contributed by atoms with van der Waals surface area (Å²) < 4.78 is 33.8. The molecular formula is C22H25ClN2O4S. The predicted octanol–water partition coefficient (Wildman–Crippen LogP) is 3.99. The Hall–Kier alpha value is -2.25. The standard InChI is InChI=1S/C22H25ClN2O4S/c23-17-10-12-18(13-11-17)30(27,28)25-15-21(29-20-9-5-4-8-19(20)25)22(26)24-14-16-6-2-1-3-7-16/h4-5,8-13,16,21H,1-3,6-7,14-15H2,(H,24,26)/t21-/m0/s1. The average Bonchev–Trinajstić information content (AvgIpc) is 2.77. The van der Waals surface area contributed by atoms with Gasteiger partial charge in [0.05, 0.1) is 17.1 Å². The van der Waals surface area contributed by atoms with E-state index in [9.17, 15) is 13.2 Å². The first-order chi connectivity index (χ1) is 14.4. The molecule has 4 rings (SSSR count). The smallest absolute Gasteiger partial charge is 0.264 e. The number of carbonyl (C=O) groups excluding carboxylic acids is 1. The Balaban J connectivity index is 1.56. The summed E-state index contributed by atoms with van der Waals surface area (Å²) in [6.07, 6.45) is 4.97. The summed E-state index contributed by atoms with van der Waals surface area (Å²) in [4.78, 5) is 12.9. The van der Waals surface area contributed by atoms with E-state index in [-0.39, 0.29) is 17.3 Å². The van der Waals surface area contributed by atoms with E-state index in [0.29, 0.717) is 28.9 Å². The molecule has 6 nitrogen and oxygen atoms in total. The first-order valence-corrected chi connectivity index (χ1v) is 12.1. The van der Waals surface area contributed by atoms with Gasteiger partial charge in [-0.15, -0.1) is 0 Å². The number of anilines is 1. The quantitative estimate of drug-likeness (QED) is 0.750. The van der Waals surface area contributed by atoms with Crippen molar-refractivity contribution < 1.29 is 17.9 Å². The zero-order valence-corrected chi connectivity index (χ0v) is 18.2. The highest BCUT2D eigenvalue weighted by atomic mass is 35.5. The van der Waals surface area contributed by atoms with Gasteiger partial charge in [-0.05, 0) is 55.2 Å². The molecule has 1 atom stereocenters. The van der Waals surface area contributed by atoms with E-state index >= 15 is 0 Å². The molecule has 1 N–H and O–H groups in total. The summed E-state index contributed by atoms with van der Waals surface area (Å²) in [6.45, 7) is 0.517. The zero-order chi connectivity index (χ0) is 21.1. The number of halogens is 1. The molecule has 1 heterocycles. The van der Waals surface area contributed by atoms with Gasteiger partial charge in [0.15, 0.2) is 6.10 Å². The van der Waals surface area contributed by atoms with E-state index in [1.54, 1.807) is 24.3 Å². The second kappa shape index (κ2) is 8.86. The Kier molecular flexibility index (Phi) is 6.20. The minimum Gasteiger partial charge on any atom is -0.476 e. The van der Waals surface area contributed by atoms with Crippen LogP contribution in [0.1, 0.15) is 32.1 Å². The summed E-state index contributed by atoms with van der Waals surface area (Å²) in [7, 11) is -3.88. The number of benzene rings is 2. The van der Waals surface area contributed by atoms with Crippen LogP contribution in [0.4, 0.5) is 5.69 Å². The number of nitrogens with zero attached hydrogens (tertiary/aromatic N) is 1. The number of carbonyl (C=O) groups is 1. The van der Waals surface area contributed by atoms with Crippen LogP contribution < -0.4 is 14.4 Å². The van der Waals surface area contributed by atoms with Crippen molar-refractivity contribution in [3.8, 4) is 5.75 Å². The van der Waals surface area contributed by atoms with Crippen molar-refractivity contribution in [2.75, 3.05) is 17.4 Å². The fourth-order valence-electron chi connectivity index (χ4n) is 4.05. The van der Waals surface area contributed by atoms with Crippen LogP contribution in [0.3, 0.4) is 0 Å². The first-order valence-electron chi connectivity index (χ1n) is 10.3. The minimum atomic E-state index is -3.88. The third kappa shape index (κ3) is 4.42. The highest BCUT2D eigenvalue weighted by Crippen LogP contribution is 2.37. The lowest BCUT2D eigenvalue weighted by atomic mass is 9.89. The lowest BCUT2D eigenvalue weighted by Gasteiger charge is -2.35. The molecule has 2 aliphatic rings. The number of hydrogen-bond donors (Lipinski definition) is 1. The fraction of sp³-hybridized carbons (Fsp3) is 0.409. The Labute approximate surface area is 182 Å². The van der Waals surface area contributed by atoms with Crippen molar-refractivity contribution in [1.29, 1.82) is 0 Å². The largest absolute Gasteiger partial charge is 0.476 e. The van der Waals surface area contributed by atoms with Gasteiger partial charge in [-0.2, -0.15) is 0 Å². The summed E-state index contributed by atoms with van der Waals surface area (Å²) in [5, 5.41) is 3.42. The maximum atomic E-state index is 13.3. The molecule has 0 spiro atoms. The third-order valence-corrected chi connectivity index (χ3v) is 7.76. The minimum absolute atomic E-state index is 0.0848. The van der Waals surface area contributed by atoms with Crippen LogP contribution in [0.25, 0.3) is 0 Å². The molecule has 1 saturated carbocycles. The lowest BCUT2D eigenvalue weighted by Crippen LogP contribution is -2.51. The Morgan fingerprint density at radius 1 is 1.07 bits per heavy atom. The summed E-state index contributed by atoms with van der Waals surface area (Å²) >= 11 is 5.91. The normalized spacial score (nSPS) is 19.6. The van der Waals surface area contributed by atoms with Gasteiger partial charge in [-0.3, -0.25) is 9.10 Å². The van der Waals surface area contributed by atoms with Crippen LogP contribution in [0, 0.1) is 5.92 Å². The molecule has 0 unspecified atom stereocenters. The highest BCUT2D eigenvalue weighted by molar-refractivity contribution is 7.92. The number of rotatable bonds is 5. The van der Waals surface area contributed by atoms with Gasteiger partial charge in [0.2, 0.25) is 0 Å². The van der Waals surface area contributed by atoms with E-state index in [1.807, 2.05) is 0 Å². The predicted molar refractivity (Wildman–Crippen MR) is 116 cm³/mol. The van der Waals surface area contributed by atoms with E-state index in [2.05, 4.69) is 5.32 Å². The van der Waals surface area contributed by atoms with E-state index in [0.717, 1.165) is 12.8 Å². The highest BCUT2D eigenvalue weighted by Gasteiger charge is 2.37. The topological polar surface area (TPSA) is 75.7 Å². The van der Waals surface area contributed by atoms with Crippen molar-refractivity contribution in [2.45, 2.75) is 43.1 Å². The van der Waals surface area contributed by atoms with Crippen molar-refractivity contribution in [1.82, 2.24) is 5.32 Å². The number of para-hydroxylation sites is 2. The molecule has 2 aromatic carbocycles. The van der Waals surface area contributed by atoms with Gasteiger partial charge in [-0.25, -0.2) is 8.42 Å². The molecule has 2 aromatic rings. The molecule has 1 amide bonds. The summed E-state index contributed by atoms with van der Waals surface area (Å²) in [5.41, 5.74) is 0.420. The van der Waals surface area contributed by atoms with Crippen molar-refractivity contribution in [2.24, 2.45) is 5.92 Å². The van der Waals surface area contributed by atoms with Gasteiger partial charge >= 0.3 is 0 Å². The van der Waals surface area contributed by atoms with Crippen molar-refractivity contribution >= 4 is 33.2 Å². The van der Waals surface area contributed by atoms with Gasteiger partial charge < -0.3 is 10.1 Å². The van der Waals surface area contributed by atoms with Gasteiger partial charge in [0.1, 0.15) is 5.75 Å². The van der Waals surface area contributed by atoms with Crippen LogP contribution in [-0.4, -0.2) is 33.5 Å². The first kappa shape index (κ1) is 21.0. The number of amides is 1. The monoisotopic (exact) mass is 448 g/mol. The van der Waals surface area contributed by atoms with Gasteiger partial charge in [-0.1, -0.05) is 43.0 Å². The van der Waals surface area contributed by atoms with Crippen LogP contribution in [0.5, 0.6) is 5.75 Å². The fourth-order valence-corrected chi connectivity index (χ4v) is 5.65. The van der Waals surface area contributed by atoms with Crippen molar-refractivity contribution in [3.63, 3.8) is 0 Å². The number of ether oxygens (including phenoxy) is 1. The molecule has 0 saturated heterocycles. The molecule has 0 bridgehead atoms. The maximum Gasteiger partial charge on any atom is 0.264 e. The van der Waals surface area contributed by atoms with Crippen molar-refractivity contribution in [3.05, 3.63) is 53.6 Å². The second-order valence-electron chi connectivity index (χ2n) is 7.81. The van der Waals surface area contributed by atoms with E-state index < -0.39 is 16.1 Å². The van der Waals surface area contributed by atoms with Crippen LogP contribution in [0.15, 0.2) is 53.4 Å². The van der Waals surface area contributed by atoms with Crippen LogP contribution in [-0.2, 0) is 14.8 Å². The molecule has 1 aliphatic carbocycles. The number of hydrogen-bond acceptors (Lipinski definition) is 4. The van der Waals surface area contributed by atoms with Gasteiger partial charge in [0, 0.05) is 11.6 Å². The molecule has 8 heteroatoms.